The van der Waals surface area contributed by atoms with Crippen LogP contribution in [-0.4, -0.2) is 30.3 Å². The van der Waals surface area contributed by atoms with Gasteiger partial charge in [0, 0.05) is 41.7 Å². The molecule has 4 heterocycles. The molecule has 0 fully saturated rings. The second-order valence-corrected chi connectivity index (χ2v) is 7.71. The minimum Gasteiger partial charge on any atom is -0.321 e. The van der Waals surface area contributed by atoms with Crippen molar-refractivity contribution in [2.24, 2.45) is 7.05 Å². The van der Waals surface area contributed by atoms with Crippen molar-refractivity contribution in [1.29, 1.82) is 5.26 Å². The molecule has 0 saturated heterocycles. The molecule has 0 atom stereocenters. The Morgan fingerprint density at radius 3 is 2.44 bits per heavy atom. The van der Waals surface area contributed by atoms with Crippen LogP contribution in [0, 0.1) is 11.3 Å². The maximum atomic E-state index is 11.5. The van der Waals surface area contributed by atoms with Crippen LogP contribution in [0.5, 0.6) is 0 Å². The van der Waals surface area contributed by atoms with E-state index in [2.05, 4.69) is 39.2 Å². The Kier molecular flexibility index (Phi) is 5.20. The number of aryl methyl sites for hydroxylation is 1. The summed E-state index contributed by atoms with van der Waals surface area (Å²) in [5, 5.41) is 21.0. The number of nitrogens with one attached hydrogen (secondary N) is 1. The molecule has 0 bridgehead atoms. The summed E-state index contributed by atoms with van der Waals surface area (Å²) in [6.45, 7) is 3.45. The van der Waals surface area contributed by atoms with Gasteiger partial charge in [0.25, 0.3) is 0 Å². The first kappa shape index (κ1) is 20.8. The number of fused-ring (bicyclic) bond motifs is 1. The number of nitriles is 1. The minimum atomic E-state index is -0.282. The SMILES string of the molecule is C=CC(=O)Nc1ccc(-c2ccc(-c3cc(-c4cnn(C)c4)cn4ncc(C#N)c34)cc2)nc1. The summed E-state index contributed by atoms with van der Waals surface area (Å²) in [6.07, 6.45) is 10.0. The Balaban J connectivity index is 1.54. The molecular weight excluding hydrogens is 426 g/mol. The van der Waals surface area contributed by atoms with Crippen molar-refractivity contribution in [1.82, 2.24) is 24.4 Å². The maximum Gasteiger partial charge on any atom is 0.247 e. The third kappa shape index (κ3) is 3.82. The molecular formula is C26H19N7O. The minimum absolute atomic E-state index is 0.282. The fourth-order valence-electron chi connectivity index (χ4n) is 3.80. The summed E-state index contributed by atoms with van der Waals surface area (Å²) >= 11 is 0. The quantitative estimate of drug-likeness (QED) is 0.403. The molecule has 34 heavy (non-hydrogen) atoms. The lowest BCUT2D eigenvalue weighted by Crippen LogP contribution is -2.07. The van der Waals surface area contributed by atoms with Crippen LogP contribution >= 0.6 is 0 Å². The molecule has 0 saturated carbocycles. The molecule has 164 valence electrons. The number of hydrogen-bond acceptors (Lipinski definition) is 5. The second kappa shape index (κ2) is 8.48. The van der Waals surface area contributed by atoms with Gasteiger partial charge in [0.15, 0.2) is 0 Å². The van der Waals surface area contributed by atoms with E-state index in [9.17, 15) is 10.1 Å². The fourth-order valence-corrected chi connectivity index (χ4v) is 3.80. The molecule has 8 heteroatoms. The third-order valence-electron chi connectivity index (χ3n) is 5.48. The van der Waals surface area contributed by atoms with Crippen molar-refractivity contribution < 1.29 is 4.79 Å². The molecule has 8 nitrogen and oxygen atoms in total. The van der Waals surface area contributed by atoms with Crippen molar-refractivity contribution in [3.8, 4) is 39.6 Å². The second-order valence-electron chi connectivity index (χ2n) is 7.71. The summed E-state index contributed by atoms with van der Waals surface area (Å²) in [5.74, 6) is -0.282. The van der Waals surface area contributed by atoms with E-state index >= 15 is 0 Å². The lowest BCUT2D eigenvalue weighted by molar-refractivity contribution is -0.111. The van der Waals surface area contributed by atoms with E-state index in [1.54, 1.807) is 33.9 Å². The van der Waals surface area contributed by atoms with Crippen molar-refractivity contribution >= 4 is 17.1 Å². The lowest BCUT2D eigenvalue weighted by atomic mass is 9.98. The number of benzene rings is 1. The molecule has 0 aliphatic carbocycles. The van der Waals surface area contributed by atoms with Crippen molar-refractivity contribution in [3.63, 3.8) is 0 Å². The molecule has 0 aliphatic rings. The van der Waals surface area contributed by atoms with Crippen molar-refractivity contribution in [3.05, 3.63) is 91.7 Å². The topological polar surface area (TPSA) is 101 Å². The van der Waals surface area contributed by atoms with Crippen LogP contribution in [-0.2, 0) is 11.8 Å². The van der Waals surface area contributed by atoms with Crippen molar-refractivity contribution in [2.45, 2.75) is 0 Å². The van der Waals surface area contributed by atoms with Crippen molar-refractivity contribution in [2.75, 3.05) is 5.32 Å². The maximum absolute atomic E-state index is 11.5. The predicted molar refractivity (Wildman–Crippen MR) is 130 cm³/mol. The average molecular weight is 445 g/mol. The zero-order chi connectivity index (χ0) is 23.7. The molecule has 1 aromatic carbocycles. The number of hydrogen-bond donors (Lipinski definition) is 1. The number of rotatable bonds is 5. The van der Waals surface area contributed by atoms with Gasteiger partial charge in [-0.3, -0.25) is 14.5 Å². The first-order valence-electron chi connectivity index (χ1n) is 10.5. The van der Waals surface area contributed by atoms with E-state index in [0.717, 1.165) is 39.0 Å². The molecule has 0 spiro atoms. The third-order valence-corrected chi connectivity index (χ3v) is 5.48. The summed E-state index contributed by atoms with van der Waals surface area (Å²) in [7, 11) is 1.87. The number of aromatic nitrogens is 5. The van der Waals surface area contributed by atoms with Gasteiger partial charge in [-0.25, -0.2) is 4.52 Å². The summed E-state index contributed by atoms with van der Waals surface area (Å²) in [5.41, 5.74) is 7.33. The average Bonchev–Trinajstić information content (AvgIpc) is 3.50. The van der Waals surface area contributed by atoms with Crippen LogP contribution in [0.3, 0.4) is 0 Å². The highest BCUT2D eigenvalue weighted by Crippen LogP contribution is 2.33. The Morgan fingerprint density at radius 1 is 1.00 bits per heavy atom. The number of carbonyl (C=O) groups excluding carboxylic acids is 1. The highest BCUT2D eigenvalue weighted by molar-refractivity contribution is 5.98. The highest BCUT2D eigenvalue weighted by atomic mass is 16.1. The molecule has 4 aromatic heterocycles. The fraction of sp³-hybridized carbons (Fsp3) is 0.0385. The summed E-state index contributed by atoms with van der Waals surface area (Å²) in [4.78, 5) is 15.9. The van der Waals surface area contributed by atoms with Gasteiger partial charge in [0.05, 0.1) is 41.1 Å². The van der Waals surface area contributed by atoms with E-state index in [0.29, 0.717) is 11.3 Å². The molecule has 0 radical (unpaired) electrons. The van der Waals surface area contributed by atoms with Gasteiger partial charge >= 0.3 is 0 Å². The Morgan fingerprint density at radius 2 is 1.79 bits per heavy atom. The van der Waals surface area contributed by atoms with E-state index in [-0.39, 0.29) is 5.91 Å². The van der Waals surface area contributed by atoms with Gasteiger partial charge in [-0.1, -0.05) is 30.8 Å². The van der Waals surface area contributed by atoms with E-state index < -0.39 is 0 Å². The number of anilines is 1. The normalized spacial score (nSPS) is 10.7. The zero-order valence-corrected chi connectivity index (χ0v) is 18.3. The van der Waals surface area contributed by atoms with Gasteiger partial charge in [0.2, 0.25) is 5.91 Å². The number of pyridine rings is 2. The summed E-state index contributed by atoms with van der Waals surface area (Å²) in [6, 6.07) is 15.9. The molecule has 5 aromatic rings. The smallest absolute Gasteiger partial charge is 0.247 e. The summed E-state index contributed by atoms with van der Waals surface area (Å²) < 4.78 is 3.49. The first-order valence-corrected chi connectivity index (χ1v) is 10.5. The van der Waals surface area contributed by atoms with Gasteiger partial charge in [-0.05, 0) is 29.8 Å². The zero-order valence-electron chi connectivity index (χ0n) is 18.3. The van der Waals surface area contributed by atoms with Crippen LogP contribution in [0.25, 0.3) is 39.0 Å². The number of nitrogens with zero attached hydrogens (tertiary/aromatic N) is 6. The first-order chi connectivity index (χ1) is 16.6. The molecule has 1 amide bonds. The standard InChI is InChI=1S/C26H19N7O/c1-3-25(34)31-22-8-9-24(28-14-22)18-6-4-17(5-7-18)23-10-19(21-13-29-32(2)15-21)16-33-26(23)20(11-27)12-30-33/h3-10,12-16H,1H2,2H3,(H,31,34). The van der Waals surface area contributed by atoms with Gasteiger partial charge in [0.1, 0.15) is 6.07 Å². The van der Waals surface area contributed by atoms with Crippen LogP contribution in [0.1, 0.15) is 5.56 Å². The van der Waals surface area contributed by atoms with Crippen LogP contribution in [0.2, 0.25) is 0 Å². The monoisotopic (exact) mass is 445 g/mol. The Labute approximate surface area is 195 Å². The van der Waals surface area contributed by atoms with Crippen LogP contribution < -0.4 is 5.32 Å². The Hall–Kier alpha value is -5.03. The molecule has 5 rings (SSSR count). The van der Waals surface area contributed by atoms with Crippen LogP contribution in [0.4, 0.5) is 5.69 Å². The number of carbonyl (C=O) groups is 1. The van der Waals surface area contributed by atoms with Gasteiger partial charge in [-0.2, -0.15) is 15.5 Å². The Bertz CT molecular complexity index is 1570. The van der Waals surface area contributed by atoms with Crippen LogP contribution in [0.15, 0.2) is 86.1 Å². The van der Waals surface area contributed by atoms with E-state index in [1.807, 2.05) is 49.8 Å². The molecule has 1 N–H and O–H groups in total. The number of amides is 1. The highest BCUT2D eigenvalue weighted by Gasteiger charge is 2.14. The largest absolute Gasteiger partial charge is 0.321 e. The van der Waals surface area contributed by atoms with E-state index in [4.69, 9.17) is 0 Å². The molecule has 0 aliphatic heterocycles. The molecule has 0 unspecified atom stereocenters. The van der Waals surface area contributed by atoms with Gasteiger partial charge in [-0.15, -0.1) is 0 Å². The van der Waals surface area contributed by atoms with E-state index in [1.165, 1.54) is 6.08 Å². The predicted octanol–water partition coefficient (Wildman–Crippen LogP) is 4.46. The lowest BCUT2D eigenvalue weighted by Gasteiger charge is -2.10. The van der Waals surface area contributed by atoms with Gasteiger partial charge < -0.3 is 5.32 Å².